The molecule has 12 rings (SSSR count). The van der Waals surface area contributed by atoms with Crippen LogP contribution in [0.3, 0.4) is 0 Å². The number of nitrogens with zero attached hydrogens (tertiary/aromatic N) is 4. The molecule has 6 nitrogen and oxygen atoms in total. The van der Waals surface area contributed by atoms with Gasteiger partial charge >= 0.3 is 0 Å². The van der Waals surface area contributed by atoms with Crippen LogP contribution in [0.15, 0.2) is 154 Å². The Morgan fingerprint density at radius 2 is 1.00 bits per heavy atom. The van der Waals surface area contributed by atoms with Gasteiger partial charge in [-0.3, -0.25) is 0 Å². The number of aromatic nitrogens is 4. The number of rotatable bonds is 5. The van der Waals surface area contributed by atoms with Crippen molar-refractivity contribution < 1.29 is 8.83 Å². The summed E-state index contributed by atoms with van der Waals surface area (Å²) in [6.45, 7) is 0. The van der Waals surface area contributed by atoms with Crippen molar-refractivity contribution >= 4 is 146 Å². The van der Waals surface area contributed by atoms with Crippen molar-refractivity contribution in [1.82, 2.24) is 19.5 Å². The first kappa shape index (κ1) is 37.3. The molecule has 0 N–H and O–H groups in total. The molecule has 0 atom stereocenters. The van der Waals surface area contributed by atoms with E-state index in [0.29, 0.717) is 17.5 Å². The number of furan rings is 2. The van der Waals surface area contributed by atoms with Crippen molar-refractivity contribution in [2.75, 3.05) is 0 Å². The quantitative estimate of drug-likeness (QED) is 0.251. The lowest BCUT2D eigenvalue weighted by Crippen LogP contribution is -2.37. The molecule has 63 heavy (non-hydrogen) atoms. The van der Waals surface area contributed by atoms with Crippen molar-refractivity contribution in [2.45, 2.75) is 0 Å². The lowest BCUT2D eigenvalue weighted by Gasteiger charge is -2.19. The molecule has 0 aliphatic heterocycles. The first-order chi connectivity index (χ1) is 30.8. The Labute approximate surface area is 368 Å². The zero-order chi connectivity index (χ0) is 42.7. The summed E-state index contributed by atoms with van der Waals surface area (Å²) in [5.74, 6) is 1.74. The topological polar surface area (TPSA) is 69.9 Å². The third-order valence-electron chi connectivity index (χ3n) is 13.5. The molecule has 0 aliphatic rings. The van der Waals surface area contributed by atoms with Gasteiger partial charge in [-0.05, 0) is 40.9 Å². The average molecular weight is 802 g/mol. The van der Waals surface area contributed by atoms with Crippen molar-refractivity contribution in [3.63, 3.8) is 0 Å². The van der Waals surface area contributed by atoms with Gasteiger partial charge in [0, 0.05) is 49.1 Å². The summed E-state index contributed by atoms with van der Waals surface area (Å²) in [5, 5.41) is 6.81. The molecule has 0 saturated carbocycles. The maximum atomic E-state index is 7.12. The highest BCUT2D eigenvalue weighted by Crippen LogP contribution is 2.37. The molecule has 8 aromatic carbocycles. The van der Waals surface area contributed by atoms with Gasteiger partial charge in [0.15, 0.2) is 17.5 Å². The first-order valence-corrected chi connectivity index (χ1v) is 21.5. The Morgan fingerprint density at radius 1 is 0.381 bits per heavy atom. The summed E-state index contributed by atoms with van der Waals surface area (Å²) in [4.78, 5) is 15.7. The molecule has 0 spiro atoms. The largest absolute Gasteiger partial charge is 0.457 e. The van der Waals surface area contributed by atoms with Crippen LogP contribution in [0.1, 0.15) is 0 Å². The Morgan fingerprint density at radius 3 is 1.79 bits per heavy atom. The minimum atomic E-state index is 0.554. The number of para-hydroxylation sites is 3. The molecular weight excluding hydrogens is 765 g/mol. The SMILES string of the molecule is Bc1c(-n2c3ccccc3c3ccc(-c4ccccc4)cc32)c(B)c2c(oc3c(B)c(-c4nc(-c5ccccc5)nc(-c5cccc6c5oc5ccccc56)n4)c(B)c(B)c32)c1B. The van der Waals surface area contributed by atoms with E-state index in [9.17, 15) is 0 Å². The van der Waals surface area contributed by atoms with Gasteiger partial charge in [0.1, 0.15) is 69.4 Å². The van der Waals surface area contributed by atoms with Gasteiger partial charge < -0.3 is 13.4 Å². The number of hydrogen-bond acceptors (Lipinski definition) is 5. The molecule has 4 heterocycles. The highest BCUT2D eigenvalue weighted by atomic mass is 16.3. The summed E-state index contributed by atoms with van der Waals surface area (Å²) in [6.07, 6.45) is 0. The molecular formula is C51H36B6N4O2. The van der Waals surface area contributed by atoms with Crippen LogP contribution in [0.4, 0.5) is 0 Å². The molecule has 12 heteroatoms. The van der Waals surface area contributed by atoms with Crippen LogP contribution >= 0.6 is 0 Å². The summed E-state index contributed by atoms with van der Waals surface area (Å²) >= 11 is 0. The highest BCUT2D eigenvalue weighted by molar-refractivity contribution is 6.64. The smallest absolute Gasteiger partial charge is 0.167 e. The summed E-state index contributed by atoms with van der Waals surface area (Å²) in [6, 6.07) is 50.7. The fourth-order valence-electron chi connectivity index (χ4n) is 10.1. The molecule has 0 amide bonds. The number of fused-ring (bicyclic) bond motifs is 9. The molecule has 4 aromatic heterocycles. The van der Waals surface area contributed by atoms with Gasteiger partial charge in [-0.2, -0.15) is 0 Å². The van der Waals surface area contributed by atoms with Gasteiger partial charge in [-0.25, -0.2) is 15.0 Å². The van der Waals surface area contributed by atoms with E-state index in [2.05, 4.69) is 143 Å². The predicted molar refractivity (Wildman–Crippen MR) is 280 cm³/mol. The lowest BCUT2D eigenvalue weighted by atomic mass is 9.68. The Hall–Kier alpha value is -7.44. The summed E-state index contributed by atoms with van der Waals surface area (Å²) < 4.78 is 16.1. The van der Waals surface area contributed by atoms with Gasteiger partial charge in [0.25, 0.3) is 0 Å². The zero-order valence-electron chi connectivity index (χ0n) is 36.0. The molecule has 0 radical (unpaired) electrons. The second-order valence-corrected chi connectivity index (χ2v) is 16.9. The van der Waals surface area contributed by atoms with Crippen molar-refractivity contribution in [1.29, 1.82) is 0 Å². The van der Waals surface area contributed by atoms with Crippen LogP contribution in [-0.2, 0) is 0 Å². The van der Waals surface area contributed by atoms with E-state index in [1.807, 2.05) is 54.6 Å². The van der Waals surface area contributed by atoms with Gasteiger partial charge in [-0.15, -0.1) is 0 Å². The third-order valence-corrected chi connectivity index (χ3v) is 13.5. The van der Waals surface area contributed by atoms with Crippen LogP contribution in [0.5, 0.6) is 0 Å². The Balaban J connectivity index is 1.11. The maximum Gasteiger partial charge on any atom is 0.167 e. The predicted octanol–water partition coefficient (Wildman–Crippen LogP) is 2.99. The Bertz CT molecular complexity index is 3880. The van der Waals surface area contributed by atoms with Crippen LogP contribution < -0.4 is 32.8 Å². The molecule has 12 aromatic rings. The monoisotopic (exact) mass is 802 g/mol. The van der Waals surface area contributed by atoms with E-state index in [4.69, 9.17) is 23.8 Å². The van der Waals surface area contributed by atoms with Crippen LogP contribution in [0.2, 0.25) is 0 Å². The number of benzene rings is 8. The van der Waals surface area contributed by atoms with Gasteiger partial charge in [-0.1, -0.05) is 149 Å². The maximum absolute atomic E-state index is 7.12. The first-order valence-electron chi connectivity index (χ1n) is 21.5. The van der Waals surface area contributed by atoms with Crippen LogP contribution in [0, 0.1) is 0 Å². The van der Waals surface area contributed by atoms with E-state index in [1.54, 1.807) is 0 Å². The van der Waals surface area contributed by atoms with Crippen LogP contribution in [-0.4, -0.2) is 66.6 Å². The second-order valence-electron chi connectivity index (χ2n) is 16.9. The second kappa shape index (κ2) is 14.0. The van der Waals surface area contributed by atoms with E-state index >= 15 is 0 Å². The molecule has 0 saturated heterocycles. The van der Waals surface area contributed by atoms with Crippen molar-refractivity contribution in [3.05, 3.63) is 146 Å². The standard InChI is InChI=1S/C51H36B6N4O2/c52-39-36-37-41(54)45(61-33-20-9-7-16-28(33)29-23-22-27(24-34(29)61)25-12-3-1-4-13-25)43(56)44(57)48(37)63-47(36)42(55)38(40(39)53)51-59-49(26-14-5-2-6-15-26)58-50(60-51)32-19-11-18-31-30-17-8-10-21-35(30)62-46(31)32/h1-24H,52-57H2. The average Bonchev–Trinajstić information content (AvgIpc) is 4.02. The molecule has 0 unspecified atom stereocenters. The van der Waals surface area contributed by atoms with Crippen molar-refractivity contribution in [2.24, 2.45) is 0 Å². The summed E-state index contributed by atoms with van der Waals surface area (Å²) in [5.41, 5.74) is 18.7. The Kier molecular flexibility index (Phi) is 8.32. The fourth-order valence-corrected chi connectivity index (χ4v) is 10.1. The van der Waals surface area contributed by atoms with E-state index in [0.717, 1.165) is 82.4 Å². The van der Waals surface area contributed by atoms with Crippen molar-refractivity contribution in [3.8, 4) is 51.0 Å². The lowest BCUT2D eigenvalue weighted by molar-refractivity contribution is 0.669. The molecule has 290 valence electrons. The molecule has 0 aliphatic carbocycles. The third kappa shape index (κ3) is 5.50. The van der Waals surface area contributed by atoms with Gasteiger partial charge in [0.2, 0.25) is 0 Å². The minimum Gasteiger partial charge on any atom is -0.457 e. The molecule has 0 bridgehead atoms. The van der Waals surface area contributed by atoms with Crippen LogP contribution in [0.25, 0.3) is 117 Å². The van der Waals surface area contributed by atoms with E-state index < -0.39 is 0 Å². The molecule has 0 fully saturated rings. The van der Waals surface area contributed by atoms with E-state index in [-0.39, 0.29) is 0 Å². The van der Waals surface area contributed by atoms with E-state index in [1.165, 1.54) is 49.5 Å². The van der Waals surface area contributed by atoms with Gasteiger partial charge in [0.05, 0.1) is 16.6 Å². The summed E-state index contributed by atoms with van der Waals surface area (Å²) in [7, 11) is 13.3. The zero-order valence-corrected chi connectivity index (χ0v) is 36.0. The fraction of sp³-hybridized carbons (Fsp3) is 0. The number of hydrogen-bond donors (Lipinski definition) is 0. The minimum absolute atomic E-state index is 0.554. The normalized spacial score (nSPS) is 11.9. The highest BCUT2D eigenvalue weighted by Gasteiger charge is 2.27.